The molecular weight excluding hydrogens is 353 g/mol. The lowest BCUT2D eigenvalue weighted by molar-refractivity contribution is -0.142. The van der Waals surface area contributed by atoms with Crippen molar-refractivity contribution in [3.05, 3.63) is 77.1 Å². The molecule has 0 bridgehead atoms. The van der Waals surface area contributed by atoms with Crippen LogP contribution in [0.4, 0.5) is 4.39 Å². The van der Waals surface area contributed by atoms with Gasteiger partial charge in [-0.3, -0.25) is 14.4 Å². The number of carbonyl (C=O) groups excluding carboxylic acids is 2. The van der Waals surface area contributed by atoms with E-state index in [0.717, 1.165) is 11.0 Å². The van der Waals surface area contributed by atoms with Crippen LogP contribution in [0.3, 0.4) is 0 Å². The van der Waals surface area contributed by atoms with Crippen molar-refractivity contribution in [1.82, 2.24) is 4.90 Å². The van der Waals surface area contributed by atoms with E-state index in [1.165, 1.54) is 18.2 Å². The number of carboxylic acids is 1. The fourth-order valence-electron chi connectivity index (χ4n) is 3.10. The number of carbonyl (C=O) groups is 3. The number of halogens is 1. The molecule has 1 saturated heterocycles. The molecule has 1 aliphatic rings. The second-order valence-electron chi connectivity index (χ2n) is 6.06. The first-order chi connectivity index (χ1) is 12.9. The van der Waals surface area contributed by atoms with E-state index in [1.807, 2.05) is 0 Å². The van der Waals surface area contributed by atoms with Crippen molar-refractivity contribution in [3.63, 3.8) is 0 Å². The first-order valence-electron chi connectivity index (χ1n) is 8.21. The summed E-state index contributed by atoms with van der Waals surface area (Å²) >= 11 is 0. The normalized spacial score (nSPS) is 18.7. The molecule has 0 aromatic heterocycles. The van der Waals surface area contributed by atoms with E-state index in [9.17, 15) is 23.9 Å². The van der Waals surface area contributed by atoms with Crippen molar-refractivity contribution in [2.24, 2.45) is 0 Å². The molecule has 0 unspecified atom stereocenters. The molecule has 27 heavy (non-hydrogen) atoms. The molecule has 2 aromatic rings. The predicted molar refractivity (Wildman–Crippen MR) is 94.1 cm³/mol. The molecule has 2 aromatic carbocycles. The lowest BCUT2D eigenvalue weighted by atomic mass is 9.95. The van der Waals surface area contributed by atoms with Gasteiger partial charge in [-0.05, 0) is 17.7 Å². The van der Waals surface area contributed by atoms with Gasteiger partial charge < -0.3 is 15.1 Å². The van der Waals surface area contributed by atoms with Crippen LogP contribution in [0.25, 0.3) is 5.76 Å². The van der Waals surface area contributed by atoms with Crippen LogP contribution in [0.15, 0.2) is 60.2 Å². The minimum Gasteiger partial charge on any atom is -0.507 e. The molecule has 0 saturated carbocycles. The minimum absolute atomic E-state index is 0.192. The first-order valence-corrected chi connectivity index (χ1v) is 8.21. The zero-order chi connectivity index (χ0) is 19.6. The molecule has 0 aliphatic carbocycles. The predicted octanol–water partition coefficient (Wildman–Crippen LogP) is 2.72. The molecule has 138 valence electrons. The standard InChI is InChI=1S/C20H16FNO5/c21-14-8-4-7-13(11-14)17-16(18(25)12-5-2-1-3-6-12)19(26)20(27)22(17)10-9-15(23)24/h1-8,11,17,25H,9-10H2,(H,23,24)/t17-/m1/s1. The van der Waals surface area contributed by atoms with Crippen LogP contribution in [0.5, 0.6) is 0 Å². The first kappa shape index (κ1) is 18.3. The molecule has 1 aliphatic heterocycles. The summed E-state index contributed by atoms with van der Waals surface area (Å²) in [5.74, 6) is -3.96. The molecule has 1 atom stereocenters. The minimum atomic E-state index is -1.14. The monoisotopic (exact) mass is 369 g/mol. The van der Waals surface area contributed by atoms with E-state index in [-0.39, 0.29) is 29.9 Å². The average Bonchev–Trinajstić information content (AvgIpc) is 2.91. The quantitative estimate of drug-likeness (QED) is 0.480. The van der Waals surface area contributed by atoms with Crippen LogP contribution in [-0.4, -0.2) is 39.3 Å². The molecular formula is C20H16FNO5. The second-order valence-corrected chi connectivity index (χ2v) is 6.06. The van der Waals surface area contributed by atoms with Gasteiger partial charge in [-0.25, -0.2) is 4.39 Å². The largest absolute Gasteiger partial charge is 0.507 e. The van der Waals surface area contributed by atoms with E-state index in [2.05, 4.69) is 0 Å². The molecule has 1 amide bonds. The Kier molecular flexibility index (Phi) is 5.03. The third kappa shape index (κ3) is 3.57. The van der Waals surface area contributed by atoms with E-state index in [1.54, 1.807) is 30.3 Å². The van der Waals surface area contributed by atoms with Gasteiger partial charge in [-0.15, -0.1) is 0 Å². The summed E-state index contributed by atoms with van der Waals surface area (Å²) in [6, 6.07) is 12.4. The van der Waals surface area contributed by atoms with Gasteiger partial charge in [0.05, 0.1) is 18.0 Å². The third-order valence-corrected chi connectivity index (χ3v) is 4.32. The number of rotatable bonds is 5. The van der Waals surface area contributed by atoms with E-state index in [4.69, 9.17) is 5.11 Å². The number of benzene rings is 2. The fourth-order valence-corrected chi connectivity index (χ4v) is 3.10. The van der Waals surface area contributed by atoms with Gasteiger partial charge in [-0.2, -0.15) is 0 Å². The lowest BCUT2D eigenvalue weighted by Gasteiger charge is -2.24. The van der Waals surface area contributed by atoms with Crippen LogP contribution in [-0.2, 0) is 14.4 Å². The Bertz CT molecular complexity index is 938. The maximum atomic E-state index is 13.7. The Morgan fingerprint density at radius 2 is 1.74 bits per heavy atom. The van der Waals surface area contributed by atoms with Gasteiger partial charge in [0.25, 0.3) is 11.7 Å². The number of Topliss-reactive ketones (excluding diaryl/α,β-unsaturated/α-hetero) is 1. The van der Waals surface area contributed by atoms with Gasteiger partial charge in [0.15, 0.2) is 0 Å². The van der Waals surface area contributed by atoms with Crippen molar-refractivity contribution in [2.75, 3.05) is 6.54 Å². The molecule has 0 spiro atoms. The number of nitrogens with zero attached hydrogens (tertiary/aromatic N) is 1. The molecule has 6 nitrogen and oxygen atoms in total. The maximum absolute atomic E-state index is 13.7. The highest BCUT2D eigenvalue weighted by Crippen LogP contribution is 2.39. The van der Waals surface area contributed by atoms with Gasteiger partial charge in [0.2, 0.25) is 0 Å². The Morgan fingerprint density at radius 3 is 2.37 bits per heavy atom. The molecule has 3 rings (SSSR count). The second kappa shape index (κ2) is 7.41. The van der Waals surface area contributed by atoms with Crippen molar-refractivity contribution in [2.45, 2.75) is 12.5 Å². The van der Waals surface area contributed by atoms with Crippen LogP contribution < -0.4 is 0 Å². The smallest absolute Gasteiger partial charge is 0.305 e. The van der Waals surface area contributed by atoms with Crippen LogP contribution in [0, 0.1) is 5.82 Å². The number of aliphatic hydroxyl groups is 1. The summed E-state index contributed by atoms with van der Waals surface area (Å²) < 4.78 is 13.7. The molecule has 1 fully saturated rings. The van der Waals surface area contributed by atoms with Crippen LogP contribution >= 0.6 is 0 Å². The molecule has 1 heterocycles. The topological polar surface area (TPSA) is 94.9 Å². The maximum Gasteiger partial charge on any atom is 0.305 e. The number of aliphatic carboxylic acids is 1. The number of aliphatic hydroxyl groups excluding tert-OH is 1. The Morgan fingerprint density at radius 1 is 1.04 bits per heavy atom. The average molecular weight is 369 g/mol. The molecule has 2 N–H and O–H groups in total. The van der Waals surface area contributed by atoms with Gasteiger partial charge in [0.1, 0.15) is 11.6 Å². The van der Waals surface area contributed by atoms with Crippen molar-refractivity contribution < 1.29 is 29.0 Å². The van der Waals surface area contributed by atoms with E-state index in [0.29, 0.717) is 5.56 Å². The summed E-state index contributed by atoms with van der Waals surface area (Å²) in [5, 5.41) is 19.6. The van der Waals surface area contributed by atoms with Gasteiger partial charge in [-0.1, -0.05) is 42.5 Å². The Balaban J connectivity index is 2.16. The number of carboxylic acid groups (broad SMARTS) is 1. The summed E-state index contributed by atoms with van der Waals surface area (Å²) in [6.45, 7) is -0.243. The van der Waals surface area contributed by atoms with Gasteiger partial charge in [0, 0.05) is 12.1 Å². The van der Waals surface area contributed by atoms with Gasteiger partial charge >= 0.3 is 5.97 Å². The number of ketones is 1. The van der Waals surface area contributed by atoms with E-state index < -0.39 is 29.5 Å². The van der Waals surface area contributed by atoms with Crippen molar-refractivity contribution >= 4 is 23.4 Å². The summed E-state index contributed by atoms with van der Waals surface area (Å²) in [7, 11) is 0. The van der Waals surface area contributed by atoms with E-state index >= 15 is 0 Å². The lowest BCUT2D eigenvalue weighted by Crippen LogP contribution is -2.31. The highest BCUT2D eigenvalue weighted by molar-refractivity contribution is 6.46. The third-order valence-electron chi connectivity index (χ3n) is 4.32. The summed E-state index contributed by atoms with van der Waals surface area (Å²) in [4.78, 5) is 37.1. The molecule has 0 radical (unpaired) electrons. The van der Waals surface area contributed by atoms with Crippen LogP contribution in [0.1, 0.15) is 23.6 Å². The zero-order valence-corrected chi connectivity index (χ0v) is 14.1. The van der Waals surface area contributed by atoms with Crippen LogP contribution in [0.2, 0.25) is 0 Å². The number of hydrogen-bond acceptors (Lipinski definition) is 4. The number of likely N-dealkylation sites (tertiary alicyclic amines) is 1. The fraction of sp³-hybridized carbons (Fsp3) is 0.150. The molecule has 7 heteroatoms. The van der Waals surface area contributed by atoms with Crippen molar-refractivity contribution in [1.29, 1.82) is 0 Å². The highest BCUT2D eigenvalue weighted by atomic mass is 19.1. The Hall–Kier alpha value is -3.48. The summed E-state index contributed by atoms with van der Waals surface area (Å²) in [6.07, 6.45) is -0.385. The zero-order valence-electron chi connectivity index (χ0n) is 14.1. The number of hydrogen-bond donors (Lipinski definition) is 2. The summed E-state index contributed by atoms with van der Waals surface area (Å²) in [5.41, 5.74) is 0.411. The Labute approximate surface area is 154 Å². The highest BCUT2D eigenvalue weighted by Gasteiger charge is 2.46. The van der Waals surface area contributed by atoms with Crippen molar-refractivity contribution in [3.8, 4) is 0 Å². The number of amides is 1. The SMILES string of the molecule is O=C(O)CCN1C(=O)C(=O)C(=C(O)c2ccccc2)[C@H]1c1cccc(F)c1.